The van der Waals surface area contributed by atoms with Gasteiger partial charge in [0.05, 0.1) is 11.3 Å². The normalized spacial score (nSPS) is 11.2. The average Bonchev–Trinajstić information content (AvgIpc) is 2.36. The molecule has 0 radical (unpaired) electrons. The van der Waals surface area contributed by atoms with E-state index in [0.29, 0.717) is 16.5 Å². The topological polar surface area (TPSA) is 70.2 Å². The number of pyridine rings is 1. The van der Waals surface area contributed by atoms with Gasteiger partial charge in [0.15, 0.2) is 0 Å². The van der Waals surface area contributed by atoms with E-state index in [9.17, 15) is 14.7 Å². The molecular weight excluding hydrogens is 230 g/mol. The number of H-pyrrole nitrogens is 1. The highest BCUT2D eigenvalue weighted by molar-refractivity contribution is 6.05. The summed E-state index contributed by atoms with van der Waals surface area (Å²) in [6.45, 7) is 1.94. The SMILES string of the molecule is CCC=Cc1[nH]c(=O)c2ccccc2c1C(=O)O. The fourth-order valence-corrected chi connectivity index (χ4v) is 1.89. The Hall–Kier alpha value is -2.36. The summed E-state index contributed by atoms with van der Waals surface area (Å²) in [5, 5.41) is 10.2. The number of carboxylic acids is 1. The van der Waals surface area contributed by atoms with Gasteiger partial charge in [0.25, 0.3) is 5.56 Å². The van der Waals surface area contributed by atoms with Crippen LogP contribution in [0.5, 0.6) is 0 Å². The van der Waals surface area contributed by atoms with Crippen LogP contribution in [0.25, 0.3) is 16.8 Å². The van der Waals surface area contributed by atoms with Crippen molar-refractivity contribution in [2.24, 2.45) is 0 Å². The van der Waals surface area contributed by atoms with Crippen LogP contribution in [0.1, 0.15) is 29.4 Å². The first kappa shape index (κ1) is 12.1. The Morgan fingerprint density at radius 3 is 2.61 bits per heavy atom. The van der Waals surface area contributed by atoms with Crippen molar-refractivity contribution in [1.29, 1.82) is 0 Å². The van der Waals surface area contributed by atoms with Gasteiger partial charge in [-0.3, -0.25) is 4.79 Å². The van der Waals surface area contributed by atoms with Gasteiger partial charge in [0.2, 0.25) is 0 Å². The van der Waals surface area contributed by atoms with E-state index in [2.05, 4.69) is 4.98 Å². The van der Waals surface area contributed by atoms with E-state index >= 15 is 0 Å². The summed E-state index contributed by atoms with van der Waals surface area (Å²) in [6.07, 6.45) is 4.22. The predicted octanol–water partition coefficient (Wildman–Crippen LogP) is 2.65. The Kier molecular flexibility index (Phi) is 3.28. The number of carboxylic acid groups (broad SMARTS) is 1. The van der Waals surface area contributed by atoms with Gasteiger partial charge in [-0.1, -0.05) is 31.2 Å². The number of allylic oxidation sites excluding steroid dienone is 1. The van der Waals surface area contributed by atoms with Gasteiger partial charge in [-0.25, -0.2) is 4.79 Å². The Morgan fingerprint density at radius 2 is 2.00 bits per heavy atom. The second-order valence-electron chi connectivity index (χ2n) is 3.90. The molecule has 2 aromatic rings. The third-order valence-electron chi connectivity index (χ3n) is 2.69. The number of benzene rings is 1. The predicted molar refractivity (Wildman–Crippen MR) is 70.9 cm³/mol. The fraction of sp³-hybridized carbons (Fsp3) is 0.143. The molecule has 0 unspecified atom stereocenters. The van der Waals surface area contributed by atoms with Crippen molar-refractivity contribution in [3.63, 3.8) is 0 Å². The molecule has 18 heavy (non-hydrogen) atoms. The Labute approximate surface area is 104 Å². The summed E-state index contributed by atoms with van der Waals surface area (Å²) in [4.78, 5) is 25.8. The van der Waals surface area contributed by atoms with Crippen LogP contribution < -0.4 is 5.56 Å². The van der Waals surface area contributed by atoms with E-state index in [0.717, 1.165) is 6.42 Å². The summed E-state index contributed by atoms with van der Waals surface area (Å²) < 4.78 is 0. The first-order valence-electron chi connectivity index (χ1n) is 5.70. The van der Waals surface area contributed by atoms with E-state index < -0.39 is 5.97 Å². The molecule has 92 valence electrons. The molecule has 0 fully saturated rings. The second kappa shape index (κ2) is 4.87. The largest absolute Gasteiger partial charge is 0.478 e. The number of carbonyl (C=O) groups is 1. The molecule has 4 nitrogen and oxygen atoms in total. The van der Waals surface area contributed by atoms with E-state index in [1.54, 1.807) is 30.3 Å². The van der Waals surface area contributed by atoms with Gasteiger partial charge in [0, 0.05) is 10.8 Å². The van der Waals surface area contributed by atoms with Gasteiger partial charge >= 0.3 is 5.97 Å². The maximum Gasteiger partial charge on any atom is 0.338 e. The Balaban J connectivity index is 2.87. The van der Waals surface area contributed by atoms with E-state index in [1.807, 2.05) is 13.0 Å². The van der Waals surface area contributed by atoms with Gasteiger partial charge < -0.3 is 10.1 Å². The molecule has 0 aliphatic rings. The lowest BCUT2D eigenvalue weighted by Gasteiger charge is -2.06. The number of aromatic amines is 1. The van der Waals surface area contributed by atoms with Crippen LogP contribution in [0, 0.1) is 0 Å². The average molecular weight is 243 g/mol. The Morgan fingerprint density at radius 1 is 1.33 bits per heavy atom. The molecule has 0 spiro atoms. The first-order chi connectivity index (χ1) is 8.65. The molecule has 0 saturated heterocycles. The van der Waals surface area contributed by atoms with Crippen LogP contribution in [-0.2, 0) is 0 Å². The number of fused-ring (bicyclic) bond motifs is 1. The molecule has 1 aromatic heterocycles. The Bertz CT molecular complexity index is 683. The highest BCUT2D eigenvalue weighted by Gasteiger charge is 2.15. The summed E-state index contributed by atoms with van der Waals surface area (Å²) in [5.41, 5.74) is 0.203. The molecule has 4 heteroatoms. The van der Waals surface area contributed by atoms with Gasteiger partial charge in [-0.05, 0) is 18.6 Å². The van der Waals surface area contributed by atoms with Gasteiger partial charge in [0.1, 0.15) is 0 Å². The molecule has 0 aliphatic carbocycles. The standard InChI is InChI=1S/C14H13NO3/c1-2-3-8-11-12(14(17)18)9-6-4-5-7-10(9)13(16)15-11/h3-8H,2H2,1H3,(H,15,16)(H,17,18). The van der Waals surface area contributed by atoms with Crippen LogP contribution in [0.2, 0.25) is 0 Å². The molecule has 2 rings (SSSR count). The number of hydrogen-bond donors (Lipinski definition) is 2. The minimum Gasteiger partial charge on any atom is -0.478 e. The smallest absolute Gasteiger partial charge is 0.338 e. The summed E-state index contributed by atoms with van der Waals surface area (Å²) in [6, 6.07) is 6.71. The molecule has 0 bridgehead atoms. The zero-order chi connectivity index (χ0) is 13.1. The lowest BCUT2D eigenvalue weighted by Crippen LogP contribution is -2.13. The lowest BCUT2D eigenvalue weighted by atomic mass is 10.0. The highest BCUT2D eigenvalue weighted by Crippen LogP contribution is 2.19. The number of aromatic carboxylic acids is 1. The van der Waals surface area contributed by atoms with Crippen molar-refractivity contribution in [2.45, 2.75) is 13.3 Å². The zero-order valence-corrected chi connectivity index (χ0v) is 9.93. The maximum absolute atomic E-state index is 11.9. The summed E-state index contributed by atoms with van der Waals surface area (Å²) >= 11 is 0. The van der Waals surface area contributed by atoms with Crippen LogP contribution in [0.3, 0.4) is 0 Å². The highest BCUT2D eigenvalue weighted by atomic mass is 16.4. The van der Waals surface area contributed by atoms with Crippen LogP contribution in [0.4, 0.5) is 0 Å². The van der Waals surface area contributed by atoms with E-state index in [-0.39, 0.29) is 11.1 Å². The minimum absolute atomic E-state index is 0.134. The van der Waals surface area contributed by atoms with Gasteiger partial charge in [-0.15, -0.1) is 0 Å². The van der Waals surface area contributed by atoms with Gasteiger partial charge in [-0.2, -0.15) is 0 Å². The third-order valence-corrected chi connectivity index (χ3v) is 2.69. The third kappa shape index (κ3) is 2.05. The number of rotatable bonds is 3. The van der Waals surface area contributed by atoms with Crippen molar-refractivity contribution in [3.05, 3.63) is 52.0 Å². The van der Waals surface area contributed by atoms with Crippen LogP contribution in [-0.4, -0.2) is 16.1 Å². The molecule has 1 heterocycles. The summed E-state index contributed by atoms with van der Waals surface area (Å²) in [7, 11) is 0. The first-order valence-corrected chi connectivity index (χ1v) is 5.70. The van der Waals surface area contributed by atoms with Crippen LogP contribution in [0.15, 0.2) is 35.1 Å². The minimum atomic E-state index is -1.04. The van der Waals surface area contributed by atoms with Crippen molar-refractivity contribution < 1.29 is 9.90 Å². The molecule has 1 aromatic carbocycles. The molecule has 0 atom stereocenters. The lowest BCUT2D eigenvalue weighted by molar-refractivity contribution is 0.0698. The number of aromatic nitrogens is 1. The fourth-order valence-electron chi connectivity index (χ4n) is 1.89. The van der Waals surface area contributed by atoms with Crippen molar-refractivity contribution >= 4 is 22.8 Å². The van der Waals surface area contributed by atoms with E-state index in [1.165, 1.54) is 0 Å². The molecule has 0 aliphatic heterocycles. The quantitative estimate of drug-likeness (QED) is 0.870. The molecule has 0 amide bonds. The van der Waals surface area contributed by atoms with E-state index in [4.69, 9.17) is 0 Å². The molecule has 2 N–H and O–H groups in total. The number of hydrogen-bond acceptors (Lipinski definition) is 2. The maximum atomic E-state index is 11.9. The van der Waals surface area contributed by atoms with Crippen molar-refractivity contribution in [3.8, 4) is 0 Å². The van der Waals surface area contributed by atoms with Crippen LogP contribution >= 0.6 is 0 Å². The molecular formula is C14H13NO3. The second-order valence-corrected chi connectivity index (χ2v) is 3.90. The van der Waals surface area contributed by atoms with Crippen molar-refractivity contribution in [2.75, 3.05) is 0 Å². The zero-order valence-electron chi connectivity index (χ0n) is 9.93. The monoisotopic (exact) mass is 243 g/mol. The summed E-state index contributed by atoms with van der Waals surface area (Å²) in [5.74, 6) is -1.04. The van der Waals surface area contributed by atoms with Crippen molar-refractivity contribution in [1.82, 2.24) is 4.98 Å². The number of nitrogens with one attached hydrogen (secondary N) is 1. The molecule has 0 saturated carbocycles.